The molecule has 0 saturated carbocycles. The number of hydrogen-bond donors (Lipinski definition) is 2. The summed E-state index contributed by atoms with van der Waals surface area (Å²) in [4.78, 5) is 10.9. The molecule has 0 radical (unpaired) electrons. The van der Waals surface area contributed by atoms with Gasteiger partial charge in [0.1, 0.15) is 0 Å². The van der Waals surface area contributed by atoms with E-state index in [0.717, 1.165) is 30.0 Å². The van der Waals surface area contributed by atoms with Crippen molar-refractivity contribution in [3.63, 3.8) is 0 Å². The van der Waals surface area contributed by atoms with Gasteiger partial charge in [-0.05, 0) is 44.5 Å². The van der Waals surface area contributed by atoms with E-state index in [0.29, 0.717) is 6.54 Å². The number of ether oxygens (including phenoxy) is 2. The van der Waals surface area contributed by atoms with Crippen LogP contribution in [0.3, 0.4) is 0 Å². The van der Waals surface area contributed by atoms with E-state index in [1.165, 1.54) is 0 Å². The van der Waals surface area contributed by atoms with Crippen molar-refractivity contribution in [1.82, 2.24) is 5.32 Å². The van der Waals surface area contributed by atoms with E-state index < -0.39 is 11.4 Å². The van der Waals surface area contributed by atoms with Crippen molar-refractivity contribution in [2.24, 2.45) is 5.41 Å². The number of benzene rings is 1. The zero-order valence-corrected chi connectivity index (χ0v) is 11.2. The van der Waals surface area contributed by atoms with Gasteiger partial charge in [0.15, 0.2) is 11.5 Å². The second-order valence-electron chi connectivity index (χ2n) is 5.30. The lowest BCUT2D eigenvalue weighted by Gasteiger charge is -2.19. The summed E-state index contributed by atoms with van der Waals surface area (Å²) >= 11 is 0. The Bertz CT molecular complexity index is 471. The lowest BCUT2D eigenvalue weighted by atomic mass is 9.94. The molecule has 0 spiro atoms. The molecule has 2 N–H and O–H groups in total. The normalized spacial score (nSPS) is 13.6. The molecule has 5 heteroatoms. The van der Waals surface area contributed by atoms with Crippen molar-refractivity contribution >= 4 is 5.97 Å². The van der Waals surface area contributed by atoms with E-state index in [-0.39, 0.29) is 6.79 Å². The third kappa shape index (κ3) is 3.38. The summed E-state index contributed by atoms with van der Waals surface area (Å²) in [6, 6.07) is 5.86. The van der Waals surface area contributed by atoms with Gasteiger partial charge in [0.2, 0.25) is 6.79 Å². The standard InChI is InChI=1S/C14H19NO4/c1-14(2,13(16)17)8-15-6-5-10-3-4-11-12(7-10)19-9-18-11/h3-4,7,15H,5-6,8-9H2,1-2H3,(H,16,17). The first kappa shape index (κ1) is 13.7. The smallest absolute Gasteiger partial charge is 0.310 e. The predicted octanol–water partition coefficient (Wildman–Crippen LogP) is 1.66. The Labute approximate surface area is 112 Å². The van der Waals surface area contributed by atoms with Crippen LogP contribution in [0.2, 0.25) is 0 Å². The highest BCUT2D eigenvalue weighted by Crippen LogP contribution is 2.32. The number of fused-ring (bicyclic) bond motifs is 1. The molecule has 1 aromatic carbocycles. The molecule has 104 valence electrons. The average molecular weight is 265 g/mol. The molecule has 1 aliphatic rings. The van der Waals surface area contributed by atoms with Crippen molar-refractivity contribution < 1.29 is 19.4 Å². The van der Waals surface area contributed by atoms with Gasteiger partial charge >= 0.3 is 5.97 Å². The van der Waals surface area contributed by atoms with Crippen LogP contribution in [0, 0.1) is 5.41 Å². The highest BCUT2D eigenvalue weighted by atomic mass is 16.7. The number of aliphatic carboxylic acids is 1. The molecule has 1 aliphatic heterocycles. The third-order valence-electron chi connectivity index (χ3n) is 3.17. The minimum absolute atomic E-state index is 0.282. The van der Waals surface area contributed by atoms with Crippen LogP contribution in [-0.2, 0) is 11.2 Å². The highest BCUT2D eigenvalue weighted by Gasteiger charge is 2.26. The highest BCUT2D eigenvalue weighted by molar-refractivity contribution is 5.73. The van der Waals surface area contributed by atoms with Crippen molar-refractivity contribution in [2.45, 2.75) is 20.3 Å². The van der Waals surface area contributed by atoms with E-state index in [1.807, 2.05) is 18.2 Å². The molecule has 0 aliphatic carbocycles. The summed E-state index contributed by atoms with van der Waals surface area (Å²) in [5, 5.41) is 12.2. The quantitative estimate of drug-likeness (QED) is 0.766. The lowest BCUT2D eigenvalue weighted by molar-refractivity contribution is -0.146. The van der Waals surface area contributed by atoms with Crippen LogP contribution in [-0.4, -0.2) is 31.0 Å². The number of carboxylic acids is 1. The van der Waals surface area contributed by atoms with Crippen molar-refractivity contribution in [1.29, 1.82) is 0 Å². The maximum Gasteiger partial charge on any atom is 0.310 e. The molecule has 0 saturated heterocycles. The van der Waals surface area contributed by atoms with Crippen LogP contribution < -0.4 is 14.8 Å². The van der Waals surface area contributed by atoms with E-state index >= 15 is 0 Å². The number of rotatable bonds is 6. The molecule has 0 unspecified atom stereocenters. The summed E-state index contributed by atoms with van der Waals surface area (Å²) in [7, 11) is 0. The Morgan fingerprint density at radius 3 is 2.84 bits per heavy atom. The predicted molar refractivity (Wildman–Crippen MR) is 70.6 cm³/mol. The molecule has 5 nitrogen and oxygen atoms in total. The minimum atomic E-state index is -0.789. The summed E-state index contributed by atoms with van der Waals surface area (Å²) in [5.41, 5.74) is 0.402. The Kier molecular flexibility index (Phi) is 3.95. The van der Waals surface area contributed by atoms with E-state index in [2.05, 4.69) is 5.32 Å². The zero-order valence-electron chi connectivity index (χ0n) is 11.2. The second kappa shape index (κ2) is 5.48. The molecule has 0 aromatic heterocycles. The van der Waals surface area contributed by atoms with Gasteiger partial charge in [-0.25, -0.2) is 0 Å². The molecule has 19 heavy (non-hydrogen) atoms. The largest absolute Gasteiger partial charge is 0.481 e. The number of carboxylic acid groups (broad SMARTS) is 1. The number of nitrogens with one attached hydrogen (secondary N) is 1. The Morgan fingerprint density at radius 2 is 2.11 bits per heavy atom. The SMILES string of the molecule is CC(C)(CNCCc1ccc2c(c1)OCO2)C(=O)O. The van der Waals surface area contributed by atoms with E-state index in [4.69, 9.17) is 14.6 Å². The molecule has 2 rings (SSSR count). The molecule has 0 bridgehead atoms. The fourth-order valence-corrected chi connectivity index (χ4v) is 1.81. The van der Waals surface area contributed by atoms with Crippen molar-refractivity contribution in [3.05, 3.63) is 23.8 Å². The topological polar surface area (TPSA) is 67.8 Å². The van der Waals surface area contributed by atoms with Crippen LogP contribution >= 0.6 is 0 Å². The Balaban J connectivity index is 1.79. The molecule has 0 atom stereocenters. The molecule has 1 heterocycles. The van der Waals surface area contributed by atoms with Crippen molar-refractivity contribution in [3.8, 4) is 11.5 Å². The van der Waals surface area contributed by atoms with Gasteiger partial charge < -0.3 is 19.9 Å². The monoisotopic (exact) mass is 265 g/mol. The van der Waals surface area contributed by atoms with Gasteiger partial charge in [-0.1, -0.05) is 6.07 Å². The van der Waals surface area contributed by atoms with Crippen LogP contribution in [0.1, 0.15) is 19.4 Å². The summed E-state index contributed by atoms with van der Waals surface area (Å²) in [6.45, 7) is 4.89. The first-order valence-electron chi connectivity index (χ1n) is 6.32. The van der Waals surface area contributed by atoms with Crippen LogP contribution in [0.15, 0.2) is 18.2 Å². The van der Waals surface area contributed by atoms with Gasteiger partial charge in [0.05, 0.1) is 5.41 Å². The first-order chi connectivity index (χ1) is 8.99. The van der Waals surface area contributed by atoms with Gasteiger partial charge in [-0.2, -0.15) is 0 Å². The van der Waals surface area contributed by atoms with Crippen LogP contribution in [0.25, 0.3) is 0 Å². The van der Waals surface area contributed by atoms with Crippen LogP contribution in [0.5, 0.6) is 11.5 Å². The Hall–Kier alpha value is -1.75. The average Bonchev–Trinajstić information content (AvgIpc) is 2.81. The van der Waals surface area contributed by atoms with Crippen molar-refractivity contribution in [2.75, 3.05) is 19.9 Å². The maximum absolute atomic E-state index is 10.9. The summed E-state index contributed by atoms with van der Waals surface area (Å²) < 4.78 is 10.6. The fraction of sp³-hybridized carbons (Fsp3) is 0.500. The third-order valence-corrected chi connectivity index (χ3v) is 3.17. The van der Waals surface area contributed by atoms with E-state index in [9.17, 15) is 4.79 Å². The maximum atomic E-state index is 10.9. The van der Waals surface area contributed by atoms with Gasteiger partial charge in [-0.3, -0.25) is 4.79 Å². The molecular weight excluding hydrogens is 246 g/mol. The number of hydrogen-bond acceptors (Lipinski definition) is 4. The van der Waals surface area contributed by atoms with Crippen LogP contribution in [0.4, 0.5) is 0 Å². The van der Waals surface area contributed by atoms with Gasteiger partial charge in [0.25, 0.3) is 0 Å². The molecule has 1 aromatic rings. The molecule has 0 fully saturated rings. The zero-order chi connectivity index (χ0) is 13.9. The first-order valence-corrected chi connectivity index (χ1v) is 6.32. The molecule has 0 amide bonds. The van der Waals surface area contributed by atoms with Gasteiger partial charge in [0, 0.05) is 6.54 Å². The fourth-order valence-electron chi connectivity index (χ4n) is 1.81. The van der Waals surface area contributed by atoms with Gasteiger partial charge in [-0.15, -0.1) is 0 Å². The summed E-state index contributed by atoms with van der Waals surface area (Å²) in [5.74, 6) is 0.773. The van der Waals surface area contributed by atoms with E-state index in [1.54, 1.807) is 13.8 Å². The number of carbonyl (C=O) groups is 1. The molecular formula is C14H19NO4. The second-order valence-corrected chi connectivity index (χ2v) is 5.30. The minimum Gasteiger partial charge on any atom is -0.481 e. The summed E-state index contributed by atoms with van der Waals surface area (Å²) in [6.07, 6.45) is 0.826. The Morgan fingerprint density at radius 1 is 1.37 bits per heavy atom. The lowest BCUT2D eigenvalue weighted by Crippen LogP contribution is -2.36.